The topological polar surface area (TPSA) is 142 Å². The van der Waals surface area contributed by atoms with Gasteiger partial charge in [0.25, 0.3) is 15.6 Å². The molecule has 4 rings (SSSR count). The van der Waals surface area contributed by atoms with Crippen LogP contribution in [0.1, 0.15) is 25.3 Å². The highest BCUT2D eigenvalue weighted by molar-refractivity contribution is 7.92. The second kappa shape index (κ2) is 6.93. The average molecular weight is 471 g/mol. The zero-order valence-corrected chi connectivity index (χ0v) is 17.8. The zero-order valence-electron chi connectivity index (χ0n) is 15.5. The summed E-state index contributed by atoms with van der Waals surface area (Å²) in [6.07, 6.45) is 0.668. The summed E-state index contributed by atoms with van der Waals surface area (Å²) in [5.41, 5.74) is -1.87. The molecule has 0 bridgehead atoms. The van der Waals surface area contributed by atoms with Gasteiger partial charge in [0, 0.05) is 6.20 Å². The van der Waals surface area contributed by atoms with Gasteiger partial charge in [0.2, 0.25) is 0 Å². The number of halogens is 1. The van der Waals surface area contributed by atoms with Gasteiger partial charge in [0.1, 0.15) is 14.2 Å². The molecule has 0 unspecified atom stereocenters. The van der Waals surface area contributed by atoms with Crippen molar-refractivity contribution in [3.8, 4) is 0 Å². The molecule has 3 aromatic rings. The van der Waals surface area contributed by atoms with Gasteiger partial charge in [0.05, 0.1) is 17.5 Å². The number of fused-ring (bicyclic) bond motifs is 1. The maximum absolute atomic E-state index is 13.0. The van der Waals surface area contributed by atoms with Gasteiger partial charge >= 0.3 is 11.8 Å². The number of aromatic amines is 1. The number of carbonyl (C=O) groups is 1. The van der Waals surface area contributed by atoms with E-state index in [0.29, 0.717) is 34.0 Å². The molecule has 30 heavy (non-hydrogen) atoms. The summed E-state index contributed by atoms with van der Waals surface area (Å²) in [5, 5.41) is 9.70. The van der Waals surface area contributed by atoms with E-state index in [9.17, 15) is 27.9 Å². The molecule has 0 radical (unpaired) electrons. The molecule has 1 amide bonds. The molecule has 3 aromatic heterocycles. The van der Waals surface area contributed by atoms with Gasteiger partial charge in [-0.2, -0.15) is 12.7 Å². The maximum Gasteiger partial charge on any atom is 0.421 e. The Labute approximate surface area is 178 Å². The predicted octanol–water partition coefficient (Wildman–Crippen LogP) is 2.07. The van der Waals surface area contributed by atoms with Crippen molar-refractivity contribution in [2.45, 2.75) is 36.1 Å². The highest BCUT2D eigenvalue weighted by atomic mass is 35.5. The highest BCUT2D eigenvalue weighted by Crippen LogP contribution is 2.45. The second-order valence-electron chi connectivity index (χ2n) is 7.17. The third kappa shape index (κ3) is 3.40. The Morgan fingerprint density at radius 1 is 1.40 bits per heavy atom. The Morgan fingerprint density at radius 2 is 2.10 bits per heavy atom. The van der Waals surface area contributed by atoms with Gasteiger partial charge < -0.3 is 5.11 Å². The highest BCUT2D eigenvalue weighted by Gasteiger charge is 2.52. The van der Waals surface area contributed by atoms with Crippen molar-refractivity contribution >= 4 is 49.3 Å². The summed E-state index contributed by atoms with van der Waals surface area (Å²) in [4.78, 5) is 43.3. The summed E-state index contributed by atoms with van der Waals surface area (Å²) in [5.74, 6) is 0. The molecule has 1 saturated carbocycles. The first-order chi connectivity index (χ1) is 14.0. The molecule has 0 saturated heterocycles. The minimum absolute atomic E-state index is 0.0219. The number of hydrogen-bond donors (Lipinski definition) is 2. The molecule has 0 spiro atoms. The van der Waals surface area contributed by atoms with E-state index in [1.54, 1.807) is 13.0 Å². The Kier molecular flexibility index (Phi) is 4.75. The Bertz CT molecular complexity index is 1390. The molecular weight excluding hydrogens is 456 g/mol. The van der Waals surface area contributed by atoms with Crippen LogP contribution in [0.2, 0.25) is 5.15 Å². The van der Waals surface area contributed by atoms with Crippen LogP contribution >= 0.6 is 22.9 Å². The third-order valence-corrected chi connectivity index (χ3v) is 8.57. The fourth-order valence-electron chi connectivity index (χ4n) is 3.07. The number of sulfonamides is 1. The Balaban J connectivity index is 1.81. The van der Waals surface area contributed by atoms with Crippen LogP contribution in [0.15, 0.2) is 38.2 Å². The number of carboxylic acid groups (broad SMARTS) is 1. The number of nitrogens with zero attached hydrogens (tertiary/aromatic N) is 3. The lowest BCUT2D eigenvalue weighted by atomic mass is 10.3. The lowest BCUT2D eigenvalue weighted by molar-refractivity contribution is 0.159. The van der Waals surface area contributed by atoms with Crippen molar-refractivity contribution in [3.05, 3.63) is 56.0 Å². The van der Waals surface area contributed by atoms with E-state index in [-0.39, 0.29) is 26.1 Å². The van der Waals surface area contributed by atoms with Gasteiger partial charge in [-0.15, -0.1) is 11.3 Å². The van der Waals surface area contributed by atoms with E-state index in [1.165, 1.54) is 12.3 Å². The first-order valence-electron chi connectivity index (χ1n) is 8.68. The standard InChI is InChI=1S/C17H15ClN4O6S2/c1-17(4-5-17)22(16(25)26)30(27,28)12-6-10-13(29-12)20-15(24)21(14(10)23)8-9-2-3-11(18)19-7-9/h2-3,6-7H,4-5,8H2,1H3,(H,20,24)(H,25,26). The van der Waals surface area contributed by atoms with Crippen molar-refractivity contribution in [1.82, 2.24) is 18.8 Å². The fourth-order valence-corrected chi connectivity index (χ4v) is 6.27. The number of nitrogens with one attached hydrogen (secondary N) is 1. The first-order valence-corrected chi connectivity index (χ1v) is 11.3. The number of H-pyrrole nitrogens is 1. The molecule has 10 nitrogen and oxygen atoms in total. The van der Waals surface area contributed by atoms with Gasteiger partial charge in [-0.1, -0.05) is 17.7 Å². The number of aromatic nitrogens is 3. The normalized spacial score (nSPS) is 15.3. The Morgan fingerprint density at radius 3 is 2.67 bits per heavy atom. The molecule has 2 N–H and O–H groups in total. The molecule has 158 valence electrons. The van der Waals surface area contributed by atoms with Crippen LogP contribution < -0.4 is 11.2 Å². The number of pyridine rings is 1. The van der Waals surface area contributed by atoms with E-state index >= 15 is 0 Å². The molecule has 3 heterocycles. The van der Waals surface area contributed by atoms with Crippen LogP contribution in [-0.2, 0) is 16.6 Å². The lowest BCUT2D eigenvalue weighted by Crippen LogP contribution is -2.43. The van der Waals surface area contributed by atoms with Crippen LogP contribution in [-0.4, -0.2) is 44.0 Å². The van der Waals surface area contributed by atoms with E-state index in [4.69, 9.17) is 11.6 Å². The van der Waals surface area contributed by atoms with Crippen LogP contribution in [0.25, 0.3) is 10.2 Å². The zero-order chi connectivity index (χ0) is 21.8. The fraction of sp³-hybridized carbons (Fsp3) is 0.294. The van der Waals surface area contributed by atoms with E-state index in [0.717, 1.165) is 10.6 Å². The van der Waals surface area contributed by atoms with Gasteiger partial charge in [0.15, 0.2) is 0 Å². The summed E-state index contributed by atoms with van der Waals surface area (Å²) in [6.45, 7) is 1.45. The minimum Gasteiger partial charge on any atom is -0.464 e. The maximum atomic E-state index is 13.0. The van der Waals surface area contributed by atoms with Crippen molar-refractivity contribution < 1.29 is 18.3 Å². The van der Waals surface area contributed by atoms with E-state index in [1.807, 2.05) is 0 Å². The van der Waals surface area contributed by atoms with Crippen molar-refractivity contribution in [3.63, 3.8) is 0 Å². The van der Waals surface area contributed by atoms with Crippen LogP contribution in [0, 0.1) is 0 Å². The average Bonchev–Trinajstić information content (AvgIpc) is 3.22. The summed E-state index contributed by atoms with van der Waals surface area (Å²) in [6, 6.07) is 4.23. The molecule has 0 aliphatic heterocycles. The van der Waals surface area contributed by atoms with Crippen LogP contribution in [0.3, 0.4) is 0 Å². The summed E-state index contributed by atoms with van der Waals surface area (Å²) in [7, 11) is -4.41. The van der Waals surface area contributed by atoms with Crippen LogP contribution in [0.5, 0.6) is 0 Å². The monoisotopic (exact) mass is 470 g/mol. The number of rotatable bonds is 5. The molecular formula is C17H15ClN4O6S2. The molecule has 13 heteroatoms. The third-order valence-electron chi connectivity index (χ3n) is 4.91. The van der Waals surface area contributed by atoms with Crippen molar-refractivity contribution in [2.24, 2.45) is 0 Å². The largest absolute Gasteiger partial charge is 0.464 e. The van der Waals surface area contributed by atoms with Crippen molar-refractivity contribution in [1.29, 1.82) is 0 Å². The van der Waals surface area contributed by atoms with E-state index in [2.05, 4.69) is 9.97 Å². The second-order valence-corrected chi connectivity index (χ2v) is 10.6. The predicted molar refractivity (Wildman–Crippen MR) is 110 cm³/mol. The Hall–Kier alpha value is -2.70. The van der Waals surface area contributed by atoms with Crippen LogP contribution in [0.4, 0.5) is 4.79 Å². The summed E-state index contributed by atoms with van der Waals surface area (Å²) < 4.78 is 27.0. The van der Waals surface area contributed by atoms with Gasteiger partial charge in [-0.05, 0) is 37.5 Å². The molecule has 0 atom stereocenters. The lowest BCUT2D eigenvalue weighted by Gasteiger charge is -2.24. The quantitative estimate of drug-likeness (QED) is 0.543. The van der Waals surface area contributed by atoms with Crippen molar-refractivity contribution in [2.75, 3.05) is 0 Å². The number of hydrogen-bond acceptors (Lipinski definition) is 7. The number of thiophene rings is 1. The van der Waals surface area contributed by atoms with Gasteiger partial charge in [-0.3, -0.25) is 14.3 Å². The smallest absolute Gasteiger partial charge is 0.421 e. The molecule has 1 fully saturated rings. The van der Waals surface area contributed by atoms with Gasteiger partial charge in [-0.25, -0.2) is 14.6 Å². The SMILES string of the molecule is CC1(N(C(=O)O)S(=O)(=O)c2cc3c(=O)n(Cc4ccc(Cl)nc4)c(=O)[nH]c3s2)CC1. The molecule has 1 aliphatic rings. The summed E-state index contributed by atoms with van der Waals surface area (Å²) >= 11 is 6.38. The molecule has 1 aliphatic carbocycles. The number of amides is 1. The van der Waals surface area contributed by atoms with E-state index < -0.39 is 32.9 Å². The minimum atomic E-state index is -4.41. The first kappa shape index (κ1) is 20.6. The molecule has 0 aromatic carbocycles.